The second-order valence-electron chi connectivity index (χ2n) is 7.10. The van der Waals surface area contributed by atoms with Crippen molar-refractivity contribution >= 4 is 22.5 Å². The molecule has 3 heteroatoms. The van der Waals surface area contributed by atoms with Gasteiger partial charge in [-0.05, 0) is 0 Å². The van der Waals surface area contributed by atoms with E-state index >= 15 is 0 Å². The molecule has 1 aliphatic rings. The van der Waals surface area contributed by atoms with Gasteiger partial charge < -0.3 is 0 Å². The van der Waals surface area contributed by atoms with E-state index in [1.807, 2.05) is 0 Å². The van der Waals surface area contributed by atoms with Crippen LogP contribution in [-0.2, 0) is 9.47 Å². The van der Waals surface area contributed by atoms with Gasteiger partial charge in [0.15, 0.2) is 0 Å². The average Bonchev–Trinajstić information content (AvgIpc) is 2.78. The molecule has 3 aromatic carbocycles. The van der Waals surface area contributed by atoms with E-state index in [1.54, 1.807) is 0 Å². The molecule has 1 aliphatic heterocycles. The SMILES string of the molecule is CCP(c1ccccc1)(c1ccccc1)(c1ccccc1)C1OCCCO1. The molecule has 0 saturated carbocycles. The summed E-state index contributed by atoms with van der Waals surface area (Å²) in [6, 6.07) is 32.4. The number of benzene rings is 3. The molecule has 3 aromatic rings. The maximum atomic E-state index is 6.44. The first-order chi connectivity index (χ1) is 13.3. The summed E-state index contributed by atoms with van der Waals surface area (Å²) in [7, 11) is 0. The summed E-state index contributed by atoms with van der Waals surface area (Å²) in [5.41, 5.74) is 0. The fraction of sp³-hybridized carbons (Fsp3) is 0.250. The summed E-state index contributed by atoms with van der Waals surface area (Å²) in [5, 5.41) is 3.99. The molecule has 0 spiro atoms. The summed E-state index contributed by atoms with van der Waals surface area (Å²) in [5.74, 6) is 0. The monoisotopic (exact) mass is 378 g/mol. The molecule has 27 heavy (non-hydrogen) atoms. The van der Waals surface area contributed by atoms with Gasteiger partial charge in [-0.2, -0.15) is 0 Å². The van der Waals surface area contributed by atoms with E-state index < -0.39 is 6.60 Å². The number of hydrogen-bond donors (Lipinski definition) is 0. The first kappa shape index (κ1) is 18.4. The summed E-state index contributed by atoms with van der Waals surface area (Å²) in [6.45, 7) is 0.779. The van der Waals surface area contributed by atoms with Gasteiger partial charge in [0.25, 0.3) is 0 Å². The molecular formula is C24H27O2P. The molecule has 1 saturated heterocycles. The fourth-order valence-corrected chi connectivity index (χ4v) is 11.1. The van der Waals surface area contributed by atoms with Gasteiger partial charge in [-0.25, -0.2) is 0 Å². The molecule has 0 amide bonds. The predicted molar refractivity (Wildman–Crippen MR) is 116 cm³/mol. The molecule has 0 atom stereocenters. The van der Waals surface area contributed by atoms with Crippen molar-refractivity contribution in [3.8, 4) is 0 Å². The molecule has 1 fully saturated rings. The molecule has 0 N–H and O–H groups in total. The van der Waals surface area contributed by atoms with E-state index in [2.05, 4.69) is 97.9 Å². The molecule has 140 valence electrons. The molecule has 0 unspecified atom stereocenters. The van der Waals surface area contributed by atoms with Gasteiger partial charge in [-0.1, -0.05) is 0 Å². The Balaban J connectivity index is 2.15. The van der Waals surface area contributed by atoms with E-state index in [9.17, 15) is 0 Å². The van der Waals surface area contributed by atoms with Gasteiger partial charge in [-0.15, -0.1) is 0 Å². The Morgan fingerprint density at radius 1 is 0.667 bits per heavy atom. The van der Waals surface area contributed by atoms with Crippen molar-refractivity contribution in [2.45, 2.75) is 19.4 Å². The molecule has 0 radical (unpaired) electrons. The Bertz CT molecular complexity index is 759. The quantitative estimate of drug-likeness (QED) is 0.618. The van der Waals surface area contributed by atoms with E-state index in [0.717, 1.165) is 25.8 Å². The van der Waals surface area contributed by atoms with Crippen LogP contribution >= 0.6 is 6.60 Å². The van der Waals surface area contributed by atoms with Gasteiger partial charge in [0, 0.05) is 0 Å². The first-order valence-electron chi connectivity index (χ1n) is 9.73. The van der Waals surface area contributed by atoms with Crippen LogP contribution in [0.4, 0.5) is 0 Å². The maximum absolute atomic E-state index is 6.44. The Morgan fingerprint density at radius 2 is 1.04 bits per heavy atom. The summed E-state index contributed by atoms with van der Waals surface area (Å²) in [4.78, 5) is 0. The zero-order chi connectivity index (χ0) is 18.6. The molecule has 0 bridgehead atoms. The van der Waals surface area contributed by atoms with Crippen molar-refractivity contribution < 1.29 is 9.47 Å². The third-order valence-corrected chi connectivity index (χ3v) is 12.9. The topological polar surface area (TPSA) is 18.5 Å². The van der Waals surface area contributed by atoms with E-state index in [-0.39, 0.29) is 6.03 Å². The van der Waals surface area contributed by atoms with Crippen LogP contribution in [0.5, 0.6) is 0 Å². The molecular weight excluding hydrogens is 351 g/mol. The predicted octanol–water partition coefficient (Wildman–Crippen LogP) is 4.26. The Hall–Kier alpha value is -1.99. The molecule has 1 heterocycles. The summed E-state index contributed by atoms with van der Waals surface area (Å²) >= 11 is 0. The van der Waals surface area contributed by atoms with Crippen LogP contribution in [-0.4, -0.2) is 25.4 Å². The average molecular weight is 378 g/mol. The molecule has 2 nitrogen and oxygen atoms in total. The van der Waals surface area contributed by atoms with Crippen LogP contribution in [0.15, 0.2) is 91.0 Å². The zero-order valence-electron chi connectivity index (χ0n) is 15.8. The van der Waals surface area contributed by atoms with Crippen LogP contribution in [0.2, 0.25) is 0 Å². The Labute approximate surface area is 162 Å². The van der Waals surface area contributed by atoms with E-state index in [0.29, 0.717) is 0 Å². The summed E-state index contributed by atoms with van der Waals surface area (Å²) < 4.78 is 12.9. The van der Waals surface area contributed by atoms with Gasteiger partial charge in [0.2, 0.25) is 0 Å². The van der Waals surface area contributed by atoms with Crippen LogP contribution in [0, 0.1) is 0 Å². The van der Waals surface area contributed by atoms with Crippen molar-refractivity contribution in [2.75, 3.05) is 19.4 Å². The third-order valence-electron chi connectivity index (χ3n) is 5.97. The van der Waals surface area contributed by atoms with Crippen molar-refractivity contribution in [1.82, 2.24) is 0 Å². The Morgan fingerprint density at radius 3 is 1.37 bits per heavy atom. The standard InChI is InChI=1S/C24H27O2P/c1-2-27(21-13-6-3-7-14-21,22-15-8-4-9-16-22,23-17-10-5-11-18-23)24-25-19-12-20-26-24/h3-11,13-18,24H,2,12,19-20H2,1H3. The van der Waals surface area contributed by atoms with Crippen LogP contribution in [0.3, 0.4) is 0 Å². The number of hydrogen-bond acceptors (Lipinski definition) is 2. The van der Waals surface area contributed by atoms with Crippen molar-refractivity contribution in [1.29, 1.82) is 0 Å². The van der Waals surface area contributed by atoms with E-state index in [4.69, 9.17) is 9.47 Å². The third kappa shape index (κ3) is 2.67. The second-order valence-corrected chi connectivity index (χ2v) is 12.5. The summed E-state index contributed by atoms with van der Waals surface area (Å²) in [6.07, 6.45) is 1.90. The molecule has 0 aromatic heterocycles. The van der Waals surface area contributed by atoms with Gasteiger partial charge in [0.1, 0.15) is 0 Å². The minimum absolute atomic E-state index is 0.262. The normalized spacial score (nSPS) is 17.1. The Kier molecular flexibility index (Phi) is 5.14. The van der Waals surface area contributed by atoms with Crippen LogP contribution < -0.4 is 15.9 Å². The molecule has 0 aliphatic carbocycles. The number of rotatable bonds is 5. The van der Waals surface area contributed by atoms with Crippen LogP contribution in [0.1, 0.15) is 13.3 Å². The van der Waals surface area contributed by atoms with Gasteiger partial charge in [-0.3, -0.25) is 0 Å². The van der Waals surface area contributed by atoms with E-state index in [1.165, 1.54) is 15.9 Å². The first-order valence-corrected chi connectivity index (χ1v) is 12.2. The minimum atomic E-state index is -3.01. The second kappa shape index (κ2) is 7.56. The van der Waals surface area contributed by atoms with Crippen LogP contribution in [0.25, 0.3) is 0 Å². The van der Waals surface area contributed by atoms with Gasteiger partial charge >= 0.3 is 162 Å². The van der Waals surface area contributed by atoms with Crippen molar-refractivity contribution in [2.24, 2.45) is 0 Å². The molecule has 4 rings (SSSR count). The van der Waals surface area contributed by atoms with Crippen molar-refractivity contribution in [3.05, 3.63) is 91.0 Å². The van der Waals surface area contributed by atoms with Crippen molar-refractivity contribution in [3.63, 3.8) is 0 Å². The van der Waals surface area contributed by atoms with Gasteiger partial charge in [0.05, 0.1) is 0 Å². The number of ether oxygens (including phenoxy) is 2. The zero-order valence-corrected chi connectivity index (χ0v) is 16.7. The fourth-order valence-electron chi connectivity index (χ4n) is 4.62.